The fourth-order valence-corrected chi connectivity index (χ4v) is 5.72. The Labute approximate surface area is 218 Å². The predicted octanol–water partition coefficient (Wildman–Crippen LogP) is 5.12. The van der Waals surface area contributed by atoms with Gasteiger partial charge in [-0.3, -0.25) is 0 Å². The van der Waals surface area contributed by atoms with Crippen molar-refractivity contribution in [1.29, 1.82) is 0 Å². The normalized spacial score (nSPS) is 15.0. The third-order valence-corrected chi connectivity index (χ3v) is 7.99. The van der Waals surface area contributed by atoms with E-state index >= 15 is 0 Å². The van der Waals surface area contributed by atoms with Crippen molar-refractivity contribution in [3.05, 3.63) is 75.4 Å². The summed E-state index contributed by atoms with van der Waals surface area (Å²) in [5.74, 6) is 0.310. The van der Waals surface area contributed by atoms with E-state index in [4.69, 9.17) is 27.9 Å². The summed E-state index contributed by atoms with van der Waals surface area (Å²) in [4.78, 5) is 13.2. The molecule has 1 aliphatic heterocycles. The molecule has 0 bridgehead atoms. The van der Waals surface area contributed by atoms with Gasteiger partial charge in [0.25, 0.3) is 0 Å². The molecule has 1 aliphatic rings. The van der Waals surface area contributed by atoms with Crippen LogP contribution in [0.5, 0.6) is 0 Å². The Hall–Kier alpha value is -2.99. The van der Waals surface area contributed by atoms with Gasteiger partial charge < -0.3 is 10.1 Å². The Kier molecular flexibility index (Phi) is 7.00. The number of rotatable bonds is 7. The van der Waals surface area contributed by atoms with Crippen LogP contribution in [0.2, 0.25) is 10.0 Å². The first-order valence-corrected chi connectivity index (χ1v) is 13.0. The number of nitrogens with zero attached hydrogens (tertiary/aromatic N) is 6. The fraction of sp³-hybridized carbons (Fsp3) is 0.182. The van der Waals surface area contributed by atoms with Crippen LogP contribution in [0.1, 0.15) is 18.5 Å². The minimum atomic E-state index is -0.653. The number of tetrazole rings is 1. The summed E-state index contributed by atoms with van der Waals surface area (Å²) in [7, 11) is 0. The number of carbonyl (C=O) groups is 1. The maximum absolute atomic E-state index is 13.2. The molecule has 178 valence electrons. The molecule has 0 radical (unpaired) electrons. The quantitative estimate of drug-likeness (QED) is 0.250. The molecule has 0 amide bonds. The van der Waals surface area contributed by atoms with Gasteiger partial charge in [-0.05, 0) is 35.0 Å². The number of carbonyl (C=O) groups excluding carboxylic acids is 1. The summed E-state index contributed by atoms with van der Waals surface area (Å²) in [6.07, 6.45) is 0. The number of fused-ring (bicyclic) bond motifs is 1. The van der Waals surface area contributed by atoms with Crippen LogP contribution in [0.3, 0.4) is 0 Å². The zero-order chi connectivity index (χ0) is 24.4. The van der Waals surface area contributed by atoms with Crippen molar-refractivity contribution < 1.29 is 9.53 Å². The van der Waals surface area contributed by atoms with E-state index in [-0.39, 0.29) is 6.61 Å². The Bertz CT molecular complexity index is 1410. The van der Waals surface area contributed by atoms with Gasteiger partial charge in [0, 0.05) is 17.0 Å². The molecule has 9 nitrogen and oxygen atoms in total. The molecule has 0 fully saturated rings. The molecule has 13 heteroatoms. The standard InChI is InChI=1S/C22H17Cl2N7O2S2/c1-2-33-20(32)17-16(11-34-22-28-26-19(35-22)12-6-4-3-5-7-12)25-21-27-29-30-31(21)18(17)13-8-9-14(23)15(24)10-13/h3-10,18H,2,11H2,1H3,(H,25,27,30). The molecule has 2 aromatic heterocycles. The maximum atomic E-state index is 13.2. The number of nitrogens with one attached hydrogen (secondary N) is 1. The number of aromatic nitrogens is 6. The molecule has 0 saturated carbocycles. The summed E-state index contributed by atoms with van der Waals surface area (Å²) < 4.78 is 7.70. The number of esters is 1. The van der Waals surface area contributed by atoms with E-state index in [0.717, 1.165) is 14.9 Å². The molecule has 4 aromatic rings. The first kappa shape index (κ1) is 23.7. The van der Waals surface area contributed by atoms with E-state index < -0.39 is 12.0 Å². The second-order valence-electron chi connectivity index (χ2n) is 7.29. The summed E-state index contributed by atoms with van der Waals surface area (Å²) >= 11 is 15.4. The highest BCUT2D eigenvalue weighted by Crippen LogP contribution is 2.39. The SMILES string of the molecule is CCOC(=O)C1=C(CSc2nnc(-c3ccccc3)s2)Nc2nnnn2C1c1ccc(Cl)c(Cl)c1. The Balaban J connectivity index is 1.51. The zero-order valence-electron chi connectivity index (χ0n) is 18.2. The molecular formula is C22H17Cl2N7O2S2. The number of benzene rings is 2. The summed E-state index contributed by atoms with van der Waals surface area (Å²) in [6.45, 7) is 1.97. The number of hydrogen-bond acceptors (Lipinski definition) is 10. The van der Waals surface area contributed by atoms with Crippen molar-refractivity contribution in [1.82, 2.24) is 30.4 Å². The van der Waals surface area contributed by atoms with Crippen LogP contribution >= 0.6 is 46.3 Å². The van der Waals surface area contributed by atoms with Crippen LogP contribution in [-0.4, -0.2) is 48.7 Å². The van der Waals surface area contributed by atoms with Gasteiger partial charge in [-0.2, -0.15) is 4.68 Å². The smallest absolute Gasteiger partial charge is 0.338 e. The van der Waals surface area contributed by atoms with E-state index in [1.54, 1.807) is 25.1 Å². The number of thioether (sulfide) groups is 1. The molecule has 1 unspecified atom stereocenters. The molecule has 1 atom stereocenters. The minimum absolute atomic E-state index is 0.218. The van der Waals surface area contributed by atoms with E-state index in [0.29, 0.717) is 38.6 Å². The highest BCUT2D eigenvalue weighted by atomic mass is 35.5. The van der Waals surface area contributed by atoms with Gasteiger partial charge in [0.2, 0.25) is 5.95 Å². The van der Waals surface area contributed by atoms with Crippen molar-refractivity contribution in [2.75, 3.05) is 17.7 Å². The van der Waals surface area contributed by atoms with Gasteiger partial charge in [0.05, 0.1) is 22.2 Å². The monoisotopic (exact) mass is 545 g/mol. The molecule has 3 heterocycles. The summed E-state index contributed by atoms with van der Waals surface area (Å²) in [5, 5.41) is 25.3. The van der Waals surface area contributed by atoms with Crippen LogP contribution in [0.15, 0.2) is 64.1 Å². The van der Waals surface area contributed by atoms with Crippen molar-refractivity contribution >= 4 is 58.2 Å². The maximum Gasteiger partial charge on any atom is 0.338 e. The van der Waals surface area contributed by atoms with Crippen molar-refractivity contribution in [3.8, 4) is 10.6 Å². The summed E-state index contributed by atoms with van der Waals surface area (Å²) in [6, 6.07) is 14.4. The molecule has 35 heavy (non-hydrogen) atoms. The molecule has 0 spiro atoms. The fourth-order valence-electron chi connectivity index (χ4n) is 3.59. The van der Waals surface area contributed by atoms with E-state index in [9.17, 15) is 4.79 Å². The Morgan fingerprint density at radius 2 is 1.97 bits per heavy atom. The van der Waals surface area contributed by atoms with Gasteiger partial charge in [-0.15, -0.1) is 10.2 Å². The average Bonchev–Trinajstić information content (AvgIpc) is 3.54. The number of halogens is 2. The molecule has 5 rings (SSSR count). The lowest BCUT2D eigenvalue weighted by Gasteiger charge is -2.28. The topological polar surface area (TPSA) is 108 Å². The number of ether oxygens (including phenoxy) is 1. The first-order valence-electron chi connectivity index (χ1n) is 10.5. The predicted molar refractivity (Wildman–Crippen MR) is 136 cm³/mol. The second kappa shape index (κ2) is 10.3. The van der Waals surface area contributed by atoms with Crippen LogP contribution in [0.4, 0.5) is 5.95 Å². The molecule has 2 aromatic carbocycles. The lowest BCUT2D eigenvalue weighted by atomic mass is 9.96. The zero-order valence-corrected chi connectivity index (χ0v) is 21.3. The van der Waals surface area contributed by atoms with E-state index in [1.165, 1.54) is 27.8 Å². The largest absolute Gasteiger partial charge is 0.463 e. The lowest BCUT2D eigenvalue weighted by molar-refractivity contribution is -0.139. The number of hydrogen-bond donors (Lipinski definition) is 1. The van der Waals surface area contributed by atoms with E-state index in [2.05, 4.69) is 31.0 Å². The van der Waals surface area contributed by atoms with Gasteiger partial charge in [-0.1, -0.05) is 87.8 Å². The second-order valence-corrected chi connectivity index (χ2v) is 10.3. The van der Waals surface area contributed by atoms with Gasteiger partial charge in [0.1, 0.15) is 11.0 Å². The number of anilines is 1. The highest BCUT2D eigenvalue weighted by molar-refractivity contribution is 8.01. The van der Waals surface area contributed by atoms with Crippen LogP contribution in [0, 0.1) is 0 Å². The van der Waals surface area contributed by atoms with Gasteiger partial charge in [0.15, 0.2) is 4.34 Å². The van der Waals surface area contributed by atoms with Gasteiger partial charge in [-0.25, -0.2) is 4.79 Å². The lowest BCUT2D eigenvalue weighted by Crippen LogP contribution is -2.31. The van der Waals surface area contributed by atoms with Crippen LogP contribution < -0.4 is 5.32 Å². The Morgan fingerprint density at radius 1 is 1.14 bits per heavy atom. The Morgan fingerprint density at radius 3 is 2.74 bits per heavy atom. The third-order valence-electron chi connectivity index (χ3n) is 5.12. The molecule has 0 saturated heterocycles. The van der Waals surface area contributed by atoms with E-state index in [1.807, 2.05) is 30.3 Å². The molecule has 1 N–H and O–H groups in total. The van der Waals surface area contributed by atoms with Crippen LogP contribution in [0.25, 0.3) is 10.6 Å². The molecular weight excluding hydrogens is 529 g/mol. The van der Waals surface area contributed by atoms with Gasteiger partial charge >= 0.3 is 5.97 Å². The minimum Gasteiger partial charge on any atom is -0.463 e. The van der Waals surface area contributed by atoms with Crippen LogP contribution in [-0.2, 0) is 9.53 Å². The molecule has 0 aliphatic carbocycles. The van der Waals surface area contributed by atoms with Crippen molar-refractivity contribution in [2.24, 2.45) is 0 Å². The summed E-state index contributed by atoms with van der Waals surface area (Å²) in [5.41, 5.74) is 2.69. The third kappa shape index (κ3) is 4.90. The van der Waals surface area contributed by atoms with Crippen molar-refractivity contribution in [2.45, 2.75) is 17.3 Å². The van der Waals surface area contributed by atoms with Crippen molar-refractivity contribution in [3.63, 3.8) is 0 Å². The average molecular weight is 546 g/mol. The highest BCUT2D eigenvalue weighted by Gasteiger charge is 2.36. The first-order chi connectivity index (χ1) is 17.0.